The molecule has 0 atom stereocenters. The van der Waals surface area contributed by atoms with Crippen molar-refractivity contribution >= 4 is 39.1 Å². The average Bonchev–Trinajstić information content (AvgIpc) is 3.23. The van der Waals surface area contributed by atoms with Crippen LogP contribution >= 0.6 is 15.9 Å². The minimum Gasteiger partial charge on any atom is -0.323 e. The molecule has 8 nitrogen and oxygen atoms in total. The third kappa shape index (κ3) is 4.86. The maximum absolute atomic E-state index is 12.6. The number of aryl methyl sites for hydroxylation is 3. The van der Waals surface area contributed by atoms with Crippen LogP contribution in [0.1, 0.15) is 29.5 Å². The highest BCUT2D eigenvalue weighted by molar-refractivity contribution is 9.10. The smallest absolute Gasteiger partial charge is 0.278 e. The van der Waals surface area contributed by atoms with Gasteiger partial charge >= 0.3 is 0 Å². The maximum atomic E-state index is 12.6. The summed E-state index contributed by atoms with van der Waals surface area (Å²) in [5.74, 6) is -0.589. The summed E-state index contributed by atoms with van der Waals surface area (Å²) in [6, 6.07) is 9.11. The van der Waals surface area contributed by atoms with Crippen molar-refractivity contribution in [1.29, 1.82) is 0 Å². The van der Waals surface area contributed by atoms with Gasteiger partial charge < -0.3 is 10.6 Å². The number of benzene rings is 1. The van der Waals surface area contributed by atoms with E-state index in [-0.39, 0.29) is 23.9 Å². The number of carbonyl (C=O) groups excluding carboxylic acids is 2. The van der Waals surface area contributed by atoms with Crippen LogP contribution in [0.4, 0.5) is 11.4 Å². The summed E-state index contributed by atoms with van der Waals surface area (Å²) < 4.78 is 4.22. The van der Waals surface area contributed by atoms with Crippen LogP contribution in [-0.4, -0.2) is 31.4 Å². The van der Waals surface area contributed by atoms with Crippen molar-refractivity contribution in [3.8, 4) is 0 Å². The average molecular weight is 445 g/mol. The molecule has 2 N–H and O–H groups in total. The van der Waals surface area contributed by atoms with E-state index < -0.39 is 0 Å². The number of carbonyl (C=O) groups is 2. The van der Waals surface area contributed by atoms with Gasteiger partial charge in [-0.2, -0.15) is 10.2 Å². The van der Waals surface area contributed by atoms with Crippen LogP contribution in [0, 0.1) is 6.92 Å². The second-order valence-electron chi connectivity index (χ2n) is 6.19. The Kier molecular flexibility index (Phi) is 6.25. The standard InChI is InChI=1S/C19H21BrN6O2/c1-3-25-12-16(18(24-25)19(28)21-14-7-5-4-6-8-14)22-17(27)9-10-26-11-15(20)13(2)23-26/h4-8,11-12H,3,9-10H2,1-2H3,(H,21,28)(H,22,27). The quantitative estimate of drug-likeness (QED) is 0.583. The van der Waals surface area contributed by atoms with Gasteiger partial charge in [-0.25, -0.2) is 0 Å². The Balaban J connectivity index is 1.67. The zero-order valence-corrected chi connectivity index (χ0v) is 17.2. The minimum absolute atomic E-state index is 0.178. The molecule has 0 saturated heterocycles. The van der Waals surface area contributed by atoms with E-state index in [1.807, 2.05) is 38.2 Å². The fourth-order valence-electron chi connectivity index (χ4n) is 2.59. The molecule has 146 valence electrons. The Morgan fingerprint density at radius 2 is 1.82 bits per heavy atom. The maximum Gasteiger partial charge on any atom is 0.278 e. The molecular weight excluding hydrogens is 424 g/mol. The first kappa shape index (κ1) is 19.8. The number of halogens is 1. The molecule has 3 rings (SSSR count). The van der Waals surface area contributed by atoms with Crippen molar-refractivity contribution in [1.82, 2.24) is 19.6 Å². The second-order valence-corrected chi connectivity index (χ2v) is 7.05. The number of nitrogens with zero attached hydrogens (tertiary/aromatic N) is 4. The van der Waals surface area contributed by atoms with Gasteiger partial charge in [0.2, 0.25) is 5.91 Å². The molecule has 0 bridgehead atoms. The molecule has 2 aromatic heterocycles. The molecule has 3 aromatic rings. The van der Waals surface area contributed by atoms with Gasteiger partial charge in [0, 0.05) is 37.6 Å². The normalized spacial score (nSPS) is 10.7. The van der Waals surface area contributed by atoms with Crippen LogP contribution in [0.25, 0.3) is 0 Å². The summed E-state index contributed by atoms with van der Waals surface area (Å²) >= 11 is 3.40. The summed E-state index contributed by atoms with van der Waals surface area (Å²) in [5, 5.41) is 14.2. The van der Waals surface area contributed by atoms with Gasteiger partial charge in [-0.3, -0.25) is 19.0 Å². The largest absolute Gasteiger partial charge is 0.323 e. The van der Waals surface area contributed by atoms with Crippen LogP contribution in [0.5, 0.6) is 0 Å². The number of aromatic nitrogens is 4. The van der Waals surface area contributed by atoms with Crippen LogP contribution in [0.2, 0.25) is 0 Å². The molecule has 2 heterocycles. The van der Waals surface area contributed by atoms with Crippen LogP contribution in [0.15, 0.2) is 47.2 Å². The Morgan fingerprint density at radius 1 is 1.07 bits per heavy atom. The number of nitrogens with one attached hydrogen (secondary N) is 2. The zero-order valence-electron chi connectivity index (χ0n) is 15.6. The molecule has 0 saturated carbocycles. The molecule has 0 unspecified atom stereocenters. The minimum atomic E-state index is -0.375. The predicted octanol–water partition coefficient (Wildman–Crippen LogP) is 3.45. The third-order valence-corrected chi connectivity index (χ3v) is 4.84. The number of para-hydroxylation sites is 1. The van der Waals surface area contributed by atoms with Crippen LogP contribution < -0.4 is 10.6 Å². The van der Waals surface area contributed by atoms with Crippen molar-refractivity contribution in [3.05, 3.63) is 58.6 Å². The van der Waals surface area contributed by atoms with E-state index in [1.54, 1.807) is 27.7 Å². The van der Waals surface area contributed by atoms with Gasteiger partial charge in [0.05, 0.1) is 15.9 Å². The van der Waals surface area contributed by atoms with Gasteiger partial charge in [-0.05, 0) is 41.9 Å². The fraction of sp³-hybridized carbons (Fsp3) is 0.263. The van der Waals surface area contributed by atoms with Crippen molar-refractivity contribution in [2.45, 2.75) is 33.4 Å². The molecule has 2 amide bonds. The van der Waals surface area contributed by atoms with E-state index in [9.17, 15) is 9.59 Å². The lowest BCUT2D eigenvalue weighted by Gasteiger charge is -2.07. The summed E-state index contributed by atoms with van der Waals surface area (Å²) in [5.41, 5.74) is 2.09. The Labute approximate surface area is 171 Å². The molecule has 0 aliphatic rings. The number of rotatable bonds is 7. The molecular formula is C19H21BrN6O2. The lowest BCUT2D eigenvalue weighted by Crippen LogP contribution is -2.19. The molecule has 9 heteroatoms. The highest BCUT2D eigenvalue weighted by Gasteiger charge is 2.19. The third-order valence-electron chi connectivity index (χ3n) is 4.06. The molecule has 0 spiro atoms. The Hall–Kier alpha value is -2.94. The molecule has 0 aliphatic carbocycles. The van der Waals surface area contributed by atoms with Gasteiger partial charge in [-0.15, -0.1) is 0 Å². The van der Waals surface area contributed by atoms with Crippen molar-refractivity contribution < 1.29 is 9.59 Å². The van der Waals surface area contributed by atoms with Crippen LogP contribution in [-0.2, 0) is 17.9 Å². The number of hydrogen-bond donors (Lipinski definition) is 2. The topological polar surface area (TPSA) is 93.8 Å². The number of hydrogen-bond acceptors (Lipinski definition) is 4. The monoisotopic (exact) mass is 444 g/mol. The molecule has 0 aliphatic heterocycles. The van der Waals surface area contributed by atoms with E-state index in [1.165, 1.54) is 0 Å². The van der Waals surface area contributed by atoms with Crippen molar-refractivity contribution in [3.63, 3.8) is 0 Å². The molecule has 1 aromatic carbocycles. The van der Waals surface area contributed by atoms with E-state index in [0.717, 1.165) is 10.2 Å². The molecule has 28 heavy (non-hydrogen) atoms. The van der Waals surface area contributed by atoms with E-state index in [4.69, 9.17) is 0 Å². The van der Waals surface area contributed by atoms with Gasteiger partial charge in [0.25, 0.3) is 5.91 Å². The highest BCUT2D eigenvalue weighted by Crippen LogP contribution is 2.17. The first-order chi connectivity index (χ1) is 13.5. The predicted molar refractivity (Wildman–Crippen MR) is 110 cm³/mol. The van der Waals surface area contributed by atoms with Gasteiger partial charge in [-0.1, -0.05) is 18.2 Å². The zero-order chi connectivity index (χ0) is 20.1. The van der Waals surface area contributed by atoms with E-state index in [2.05, 4.69) is 36.8 Å². The SMILES string of the molecule is CCn1cc(NC(=O)CCn2cc(Br)c(C)n2)c(C(=O)Nc2ccccc2)n1. The fourth-order valence-corrected chi connectivity index (χ4v) is 2.91. The lowest BCUT2D eigenvalue weighted by atomic mass is 10.3. The molecule has 0 fully saturated rings. The van der Waals surface area contributed by atoms with Crippen molar-refractivity contribution in [2.75, 3.05) is 10.6 Å². The first-order valence-corrected chi connectivity index (χ1v) is 9.68. The van der Waals surface area contributed by atoms with Crippen molar-refractivity contribution in [2.24, 2.45) is 0 Å². The lowest BCUT2D eigenvalue weighted by molar-refractivity contribution is -0.116. The Bertz CT molecular complexity index is 960. The number of anilines is 2. The second kappa shape index (κ2) is 8.83. The van der Waals surface area contributed by atoms with Gasteiger partial charge in [0.15, 0.2) is 5.69 Å². The molecule has 0 radical (unpaired) electrons. The van der Waals surface area contributed by atoms with Gasteiger partial charge in [0.1, 0.15) is 0 Å². The van der Waals surface area contributed by atoms with E-state index >= 15 is 0 Å². The Morgan fingerprint density at radius 3 is 2.46 bits per heavy atom. The van der Waals surface area contributed by atoms with E-state index in [0.29, 0.717) is 24.5 Å². The summed E-state index contributed by atoms with van der Waals surface area (Å²) in [7, 11) is 0. The number of amides is 2. The summed E-state index contributed by atoms with van der Waals surface area (Å²) in [6.07, 6.45) is 3.72. The summed E-state index contributed by atoms with van der Waals surface area (Å²) in [4.78, 5) is 25.0. The first-order valence-electron chi connectivity index (χ1n) is 8.89. The summed E-state index contributed by atoms with van der Waals surface area (Å²) in [6.45, 7) is 4.82. The highest BCUT2D eigenvalue weighted by atomic mass is 79.9. The van der Waals surface area contributed by atoms with Crippen LogP contribution in [0.3, 0.4) is 0 Å².